The fourth-order valence-corrected chi connectivity index (χ4v) is 3.81. The number of rotatable bonds is 8. The van der Waals surface area contributed by atoms with E-state index in [0.717, 1.165) is 22.8 Å². The van der Waals surface area contributed by atoms with Crippen molar-refractivity contribution in [2.24, 2.45) is 5.73 Å². The first-order valence-corrected chi connectivity index (χ1v) is 11.4. The van der Waals surface area contributed by atoms with Gasteiger partial charge in [0.2, 0.25) is 0 Å². The van der Waals surface area contributed by atoms with Crippen molar-refractivity contribution in [3.63, 3.8) is 0 Å². The Morgan fingerprint density at radius 3 is 2.24 bits per heavy atom. The summed E-state index contributed by atoms with van der Waals surface area (Å²) < 4.78 is 47.3. The lowest BCUT2D eigenvalue weighted by Crippen LogP contribution is -2.37. The van der Waals surface area contributed by atoms with E-state index in [1.807, 2.05) is 54.6 Å². The summed E-state index contributed by atoms with van der Waals surface area (Å²) in [5.74, 6) is -1.44. The molecular formula is C28H24F3N3O3. The van der Waals surface area contributed by atoms with Crippen molar-refractivity contribution in [3.05, 3.63) is 102 Å². The molecule has 0 amide bonds. The number of carbonyl (C=O) groups is 1. The van der Waals surface area contributed by atoms with Gasteiger partial charge in [-0.2, -0.15) is 13.2 Å². The summed E-state index contributed by atoms with van der Waals surface area (Å²) in [5, 5.41) is 9.08. The minimum Gasteiger partial charge on any atom is -0.488 e. The summed E-state index contributed by atoms with van der Waals surface area (Å²) in [5.41, 5.74) is 6.79. The van der Waals surface area contributed by atoms with E-state index < -0.39 is 29.7 Å². The number of hydrogen-bond acceptors (Lipinski definition) is 5. The molecule has 0 radical (unpaired) electrons. The van der Waals surface area contributed by atoms with Gasteiger partial charge >= 0.3 is 12.1 Å². The highest BCUT2D eigenvalue weighted by molar-refractivity contribution is 5.69. The molecule has 0 aliphatic carbocycles. The van der Waals surface area contributed by atoms with Crippen molar-refractivity contribution in [1.82, 2.24) is 9.97 Å². The molecule has 0 bridgehead atoms. The van der Waals surface area contributed by atoms with Gasteiger partial charge in [-0.25, -0.2) is 9.97 Å². The van der Waals surface area contributed by atoms with Crippen molar-refractivity contribution >= 4 is 5.97 Å². The van der Waals surface area contributed by atoms with Crippen LogP contribution >= 0.6 is 0 Å². The fraction of sp³-hybridized carbons (Fsp3) is 0.179. The average Bonchev–Trinajstić information content (AvgIpc) is 2.87. The van der Waals surface area contributed by atoms with Crippen molar-refractivity contribution in [2.75, 3.05) is 0 Å². The highest BCUT2D eigenvalue weighted by Gasteiger charge is 2.35. The zero-order valence-corrected chi connectivity index (χ0v) is 19.9. The van der Waals surface area contributed by atoms with E-state index in [0.29, 0.717) is 0 Å². The number of carboxylic acids is 1. The topological polar surface area (TPSA) is 98.3 Å². The molecule has 0 aliphatic rings. The van der Waals surface area contributed by atoms with E-state index in [9.17, 15) is 18.0 Å². The number of halogens is 3. The molecule has 0 saturated heterocycles. The number of carboxylic acid groups (broad SMARTS) is 1. The molecule has 1 heterocycles. The molecule has 190 valence electrons. The van der Waals surface area contributed by atoms with Crippen LogP contribution < -0.4 is 10.5 Å². The number of aliphatic carboxylic acids is 1. The molecule has 1 atom stereocenters. The molecule has 3 aromatic carbocycles. The van der Waals surface area contributed by atoms with E-state index in [1.165, 1.54) is 31.3 Å². The fourth-order valence-electron chi connectivity index (χ4n) is 3.81. The number of benzene rings is 3. The summed E-state index contributed by atoms with van der Waals surface area (Å²) >= 11 is 0. The average molecular weight is 508 g/mol. The van der Waals surface area contributed by atoms with Crippen molar-refractivity contribution in [2.45, 2.75) is 31.7 Å². The summed E-state index contributed by atoms with van der Waals surface area (Å²) in [6.07, 6.45) is -3.78. The standard InChI is InChI=1S/C28H24F3N3O3/c1-27(32,16-25(35)36)26-33-14-13-23(34-26)21-11-12-24(22(15-21)28(29,30)31)37-17-18-7-9-20(10-8-18)19-5-3-2-4-6-19/h2-15H,16-17,32H2,1H3,(H,35,36)/t27-/m0/s1. The third-order valence-electron chi connectivity index (χ3n) is 5.72. The zero-order chi connectivity index (χ0) is 26.6. The lowest BCUT2D eigenvalue weighted by molar-refractivity contribution is -0.139. The van der Waals surface area contributed by atoms with Crippen LogP contribution in [0.2, 0.25) is 0 Å². The van der Waals surface area contributed by atoms with Crippen LogP contribution in [-0.4, -0.2) is 21.0 Å². The molecule has 9 heteroatoms. The molecule has 4 aromatic rings. The smallest absolute Gasteiger partial charge is 0.419 e. The molecule has 37 heavy (non-hydrogen) atoms. The normalized spacial score (nSPS) is 13.1. The quantitative estimate of drug-likeness (QED) is 0.301. The van der Waals surface area contributed by atoms with Gasteiger partial charge in [0.15, 0.2) is 0 Å². The van der Waals surface area contributed by atoms with Gasteiger partial charge in [-0.05, 0) is 47.9 Å². The molecular weight excluding hydrogens is 483 g/mol. The number of nitrogens with zero attached hydrogens (tertiary/aromatic N) is 2. The predicted molar refractivity (Wildman–Crippen MR) is 132 cm³/mol. The summed E-state index contributed by atoms with van der Waals surface area (Å²) in [7, 11) is 0. The molecule has 0 saturated carbocycles. The minimum absolute atomic E-state index is 0.0141. The minimum atomic E-state index is -4.68. The van der Waals surface area contributed by atoms with Crippen LogP contribution in [0.5, 0.6) is 5.75 Å². The second kappa shape index (κ2) is 10.4. The molecule has 1 aromatic heterocycles. The van der Waals surface area contributed by atoms with Crippen molar-refractivity contribution in [1.29, 1.82) is 0 Å². The van der Waals surface area contributed by atoms with Crippen LogP contribution in [0.15, 0.2) is 85.1 Å². The molecule has 3 N–H and O–H groups in total. The van der Waals surface area contributed by atoms with Crippen LogP contribution in [0.3, 0.4) is 0 Å². The number of aromatic nitrogens is 2. The first-order chi connectivity index (χ1) is 17.5. The number of ether oxygens (including phenoxy) is 1. The van der Waals surface area contributed by atoms with Gasteiger partial charge < -0.3 is 15.6 Å². The third kappa shape index (κ3) is 6.31. The Balaban J connectivity index is 1.57. The summed E-state index contributed by atoms with van der Waals surface area (Å²) in [6, 6.07) is 22.2. The van der Waals surface area contributed by atoms with E-state index in [-0.39, 0.29) is 29.4 Å². The number of nitrogens with two attached hydrogens (primary N) is 1. The van der Waals surface area contributed by atoms with Crippen LogP contribution in [-0.2, 0) is 23.1 Å². The Bertz CT molecular complexity index is 1390. The van der Waals surface area contributed by atoms with Crippen LogP contribution in [0, 0.1) is 0 Å². The summed E-state index contributed by atoms with van der Waals surface area (Å²) in [4.78, 5) is 19.4. The van der Waals surface area contributed by atoms with E-state index in [4.69, 9.17) is 15.6 Å². The molecule has 6 nitrogen and oxygen atoms in total. The lowest BCUT2D eigenvalue weighted by Gasteiger charge is -2.21. The Hall–Kier alpha value is -4.24. The Kier molecular flexibility index (Phi) is 7.26. The van der Waals surface area contributed by atoms with Gasteiger partial charge in [-0.3, -0.25) is 4.79 Å². The second-order valence-electron chi connectivity index (χ2n) is 8.81. The third-order valence-corrected chi connectivity index (χ3v) is 5.72. The Morgan fingerprint density at radius 1 is 0.946 bits per heavy atom. The van der Waals surface area contributed by atoms with Gasteiger partial charge in [-0.15, -0.1) is 0 Å². The van der Waals surface area contributed by atoms with Crippen molar-refractivity contribution in [3.8, 4) is 28.1 Å². The Labute approximate surface area is 211 Å². The van der Waals surface area contributed by atoms with Gasteiger partial charge in [0.1, 0.15) is 18.2 Å². The molecule has 0 aliphatic heterocycles. The van der Waals surface area contributed by atoms with Gasteiger partial charge in [0.05, 0.1) is 23.2 Å². The second-order valence-corrected chi connectivity index (χ2v) is 8.81. The highest BCUT2D eigenvalue weighted by atomic mass is 19.4. The molecule has 4 rings (SSSR count). The van der Waals surface area contributed by atoms with Crippen LogP contribution in [0.1, 0.15) is 30.3 Å². The monoisotopic (exact) mass is 507 g/mol. The largest absolute Gasteiger partial charge is 0.488 e. The van der Waals surface area contributed by atoms with E-state index in [1.54, 1.807) is 0 Å². The molecule has 0 fully saturated rings. The predicted octanol–water partition coefficient (Wildman–Crippen LogP) is 6.06. The highest BCUT2D eigenvalue weighted by Crippen LogP contribution is 2.39. The van der Waals surface area contributed by atoms with Gasteiger partial charge in [0.25, 0.3) is 0 Å². The lowest BCUT2D eigenvalue weighted by atomic mass is 9.98. The zero-order valence-electron chi connectivity index (χ0n) is 19.9. The van der Waals surface area contributed by atoms with Gasteiger partial charge in [-0.1, -0.05) is 54.6 Å². The van der Waals surface area contributed by atoms with Gasteiger partial charge in [0, 0.05) is 11.8 Å². The number of hydrogen-bond donors (Lipinski definition) is 2. The van der Waals surface area contributed by atoms with E-state index in [2.05, 4.69) is 9.97 Å². The number of alkyl halides is 3. The maximum absolute atomic E-state index is 13.9. The first-order valence-electron chi connectivity index (χ1n) is 11.4. The molecule has 0 spiro atoms. The van der Waals surface area contributed by atoms with E-state index >= 15 is 0 Å². The first kappa shape index (κ1) is 25.8. The molecule has 0 unspecified atom stereocenters. The SMILES string of the molecule is C[C@](N)(CC(=O)O)c1nccc(-c2ccc(OCc3ccc(-c4ccccc4)cc3)c(C(F)(F)F)c2)n1. The van der Waals surface area contributed by atoms with Crippen LogP contribution in [0.25, 0.3) is 22.4 Å². The van der Waals surface area contributed by atoms with Crippen molar-refractivity contribution < 1.29 is 27.8 Å². The maximum atomic E-state index is 13.9. The maximum Gasteiger partial charge on any atom is 0.419 e. The Morgan fingerprint density at radius 2 is 1.59 bits per heavy atom. The summed E-state index contributed by atoms with van der Waals surface area (Å²) in [6.45, 7) is 1.40. The van der Waals surface area contributed by atoms with Crippen LogP contribution in [0.4, 0.5) is 13.2 Å².